The Morgan fingerprint density at radius 3 is 2.55 bits per heavy atom. The Bertz CT molecular complexity index is 1720. The molecule has 1 saturated heterocycles. The van der Waals surface area contributed by atoms with Crippen LogP contribution in [-0.2, 0) is 33.4 Å². The largest absolute Gasteiger partial charge is 0.457 e. The minimum absolute atomic E-state index is 0.0188. The summed E-state index contributed by atoms with van der Waals surface area (Å²) in [4.78, 5) is 40.2. The van der Waals surface area contributed by atoms with Gasteiger partial charge in [-0.05, 0) is 87.8 Å². The third-order valence-corrected chi connectivity index (χ3v) is 12.8. The summed E-state index contributed by atoms with van der Waals surface area (Å²) in [6.45, 7) is 7.05. The second-order valence-corrected chi connectivity index (χ2v) is 15.2. The van der Waals surface area contributed by atoms with E-state index in [2.05, 4.69) is 6.92 Å². The maximum atomic E-state index is 14.5. The molecule has 7 rings (SSSR count). The summed E-state index contributed by atoms with van der Waals surface area (Å²) in [6, 6.07) is 9.21. The van der Waals surface area contributed by atoms with E-state index in [9.17, 15) is 22.8 Å². The highest BCUT2D eigenvalue weighted by Crippen LogP contribution is 2.77. The van der Waals surface area contributed by atoms with Crippen molar-refractivity contribution in [2.24, 2.45) is 28.6 Å². The van der Waals surface area contributed by atoms with Gasteiger partial charge in [-0.1, -0.05) is 43.2 Å². The molecule has 4 fully saturated rings. The molecule has 5 aliphatic rings. The minimum Gasteiger partial charge on any atom is -0.457 e. The van der Waals surface area contributed by atoms with Crippen molar-refractivity contribution in [3.8, 4) is 0 Å². The van der Waals surface area contributed by atoms with Crippen molar-refractivity contribution < 1.29 is 40.9 Å². The molecule has 44 heavy (non-hydrogen) atoms. The molecule has 8 atom stereocenters. The highest BCUT2D eigenvalue weighted by Gasteiger charge is 2.83. The van der Waals surface area contributed by atoms with Crippen LogP contribution in [0.25, 0.3) is 0 Å². The Hall–Kier alpha value is -3.34. The standard InChI is InChI=1S/C34H36O9S/c1-20-7-10-24(11-8-20)44(38,39)41-19-28(36)33(43-30(37)27-6-5-15-40-27)21(2)16-26-25-12-9-22-17-23(35)13-14-31(22,3)34(25)29(42-34)18-32(26,33)4/h5-8,10-11,13-15,17,21,25-26,29H,9,12,16,18-19H2,1-4H3/t21-,25+,26+,29+,31+,32+,33+,34-/m1/s1. The van der Waals surface area contributed by atoms with Gasteiger partial charge in [0.25, 0.3) is 10.1 Å². The van der Waals surface area contributed by atoms with E-state index in [4.69, 9.17) is 18.1 Å². The van der Waals surface area contributed by atoms with E-state index in [-0.39, 0.29) is 34.4 Å². The predicted octanol–water partition coefficient (Wildman–Crippen LogP) is 5.14. The van der Waals surface area contributed by atoms with Gasteiger partial charge in [-0.15, -0.1) is 0 Å². The van der Waals surface area contributed by atoms with Gasteiger partial charge in [0.05, 0.1) is 17.3 Å². The summed E-state index contributed by atoms with van der Waals surface area (Å²) < 4.78 is 49.8. The molecule has 0 N–H and O–H groups in total. The van der Waals surface area contributed by atoms with Gasteiger partial charge >= 0.3 is 5.97 Å². The van der Waals surface area contributed by atoms with Crippen molar-refractivity contribution in [1.29, 1.82) is 0 Å². The molecule has 1 spiro atoms. The summed E-state index contributed by atoms with van der Waals surface area (Å²) in [7, 11) is -4.26. The Morgan fingerprint density at radius 2 is 1.84 bits per heavy atom. The lowest BCUT2D eigenvalue weighted by molar-refractivity contribution is -0.167. The van der Waals surface area contributed by atoms with Gasteiger partial charge in [0, 0.05) is 16.7 Å². The van der Waals surface area contributed by atoms with E-state index in [1.165, 1.54) is 24.5 Å². The first-order valence-corrected chi connectivity index (χ1v) is 16.6. The summed E-state index contributed by atoms with van der Waals surface area (Å²) >= 11 is 0. The van der Waals surface area contributed by atoms with Gasteiger partial charge < -0.3 is 13.9 Å². The fourth-order valence-corrected chi connectivity index (χ4v) is 10.3. The molecule has 0 amide bonds. The van der Waals surface area contributed by atoms with Crippen LogP contribution in [0, 0.1) is 35.5 Å². The monoisotopic (exact) mass is 620 g/mol. The lowest BCUT2D eigenvalue weighted by atomic mass is 9.46. The first-order valence-electron chi connectivity index (χ1n) is 15.2. The van der Waals surface area contributed by atoms with Crippen LogP contribution in [0.5, 0.6) is 0 Å². The number of rotatable bonds is 7. The summed E-state index contributed by atoms with van der Waals surface area (Å²) in [6.07, 6.45) is 8.93. The SMILES string of the molecule is Cc1ccc(S(=O)(=O)OCC(=O)[C@@]2(OC(=O)c3ccco3)[C@H](C)C[C@H]3[C@@H]4CCC5=CC(=O)C=C[C@]5(C)[C@@]45O[C@H]5C[C@@]32C)cc1. The van der Waals surface area contributed by atoms with E-state index >= 15 is 0 Å². The first-order chi connectivity index (χ1) is 20.8. The first kappa shape index (κ1) is 29.4. The van der Waals surface area contributed by atoms with Gasteiger partial charge in [-0.3, -0.25) is 13.8 Å². The van der Waals surface area contributed by atoms with Crippen molar-refractivity contribution in [1.82, 2.24) is 0 Å². The number of esters is 1. The molecular formula is C34H36O9S. The van der Waals surface area contributed by atoms with E-state index < -0.39 is 56.4 Å². The minimum atomic E-state index is -4.26. The highest BCUT2D eigenvalue weighted by atomic mass is 32.2. The molecule has 4 aliphatic carbocycles. The number of ether oxygens (including phenoxy) is 2. The number of ketones is 2. The number of carbonyl (C=O) groups excluding carboxylic acids is 3. The van der Waals surface area contributed by atoms with Crippen molar-refractivity contribution >= 4 is 27.7 Å². The summed E-state index contributed by atoms with van der Waals surface area (Å²) in [5.41, 5.74) is -1.60. The number of allylic oxidation sites excluding steroid dienone is 2. The smallest absolute Gasteiger partial charge is 0.375 e. The number of hydrogen-bond acceptors (Lipinski definition) is 9. The van der Waals surface area contributed by atoms with Crippen LogP contribution in [0.2, 0.25) is 0 Å². The van der Waals surface area contributed by atoms with Crippen molar-refractivity contribution in [2.75, 3.05) is 6.61 Å². The number of furan rings is 1. The average molecular weight is 621 g/mol. The van der Waals surface area contributed by atoms with Crippen LogP contribution in [-0.4, -0.2) is 49.9 Å². The fourth-order valence-electron chi connectivity index (χ4n) is 9.44. The van der Waals surface area contributed by atoms with Gasteiger partial charge in [-0.2, -0.15) is 8.42 Å². The number of benzene rings is 1. The van der Waals surface area contributed by atoms with Gasteiger partial charge in [0.15, 0.2) is 11.4 Å². The Morgan fingerprint density at radius 1 is 1.09 bits per heavy atom. The molecule has 0 bridgehead atoms. The molecule has 1 aromatic carbocycles. The fraction of sp³-hybridized carbons (Fsp3) is 0.500. The van der Waals surface area contributed by atoms with E-state index in [0.29, 0.717) is 12.8 Å². The summed E-state index contributed by atoms with van der Waals surface area (Å²) in [5, 5.41) is 0. The second-order valence-electron chi connectivity index (χ2n) is 13.6. The van der Waals surface area contributed by atoms with Crippen LogP contribution < -0.4 is 0 Å². The molecule has 1 aliphatic heterocycles. The molecule has 3 saturated carbocycles. The number of Topliss-reactive ketones (excluding diaryl/α,β-unsaturated/α-hetero) is 1. The zero-order valence-corrected chi connectivity index (χ0v) is 26.0. The molecule has 1 aromatic heterocycles. The number of carbonyl (C=O) groups is 3. The van der Waals surface area contributed by atoms with E-state index in [0.717, 1.165) is 24.0 Å². The molecule has 9 nitrogen and oxygen atoms in total. The van der Waals surface area contributed by atoms with Crippen LogP contribution in [0.1, 0.15) is 62.6 Å². The second kappa shape index (κ2) is 9.58. The quantitative estimate of drug-likeness (QED) is 0.235. The molecule has 2 heterocycles. The molecular weight excluding hydrogens is 584 g/mol. The van der Waals surface area contributed by atoms with Crippen LogP contribution in [0.15, 0.2) is 75.8 Å². The van der Waals surface area contributed by atoms with E-state index in [1.807, 2.05) is 26.8 Å². The average Bonchev–Trinajstić information content (AvgIpc) is 3.33. The third-order valence-electron chi connectivity index (χ3n) is 11.5. The number of aryl methyl sites for hydroxylation is 1. The Balaban J connectivity index is 1.26. The van der Waals surface area contributed by atoms with Crippen molar-refractivity contribution in [3.05, 3.63) is 77.8 Å². The molecule has 0 radical (unpaired) electrons. The van der Waals surface area contributed by atoms with Crippen molar-refractivity contribution in [3.63, 3.8) is 0 Å². The maximum Gasteiger partial charge on any atom is 0.375 e. The molecule has 0 unspecified atom stereocenters. The normalized spacial score (nSPS) is 38.5. The maximum absolute atomic E-state index is 14.5. The third kappa shape index (κ3) is 3.83. The predicted molar refractivity (Wildman–Crippen MR) is 157 cm³/mol. The van der Waals surface area contributed by atoms with Crippen LogP contribution >= 0.6 is 0 Å². The number of hydrogen-bond donors (Lipinski definition) is 0. The lowest BCUT2D eigenvalue weighted by Gasteiger charge is -2.56. The van der Waals surface area contributed by atoms with E-state index in [1.54, 1.807) is 30.4 Å². The van der Waals surface area contributed by atoms with Crippen molar-refractivity contribution in [2.45, 2.75) is 75.6 Å². The van der Waals surface area contributed by atoms with Crippen LogP contribution in [0.3, 0.4) is 0 Å². The molecule has 10 heteroatoms. The zero-order chi connectivity index (χ0) is 31.3. The molecule has 2 aromatic rings. The Labute approximate surface area is 256 Å². The molecule has 232 valence electrons. The van der Waals surface area contributed by atoms with Gasteiger partial charge in [0.2, 0.25) is 11.5 Å². The topological polar surface area (TPSA) is 129 Å². The number of epoxide rings is 1. The number of fused-ring (bicyclic) bond motifs is 3. The van der Waals surface area contributed by atoms with Crippen LogP contribution in [0.4, 0.5) is 0 Å². The van der Waals surface area contributed by atoms with Gasteiger partial charge in [-0.25, -0.2) is 4.79 Å². The highest BCUT2D eigenvalue weighted by molar-refractivity contribution is 7.86. The lowest BCUT2D eigenvalue weighted by Crippen LogP contribution is -2.63. The Kier molecular flexibility index (Phi) is 6.40. The van der Waals surface area contributed by atoms with Gasteiger partial charge in [0.1, 0.15) is 12.2 Å². The summed E-state index contributed by atoms with van der Waals surface area (Å²) in [5.74, 6) is -1.96. The zero-order valence-electron chi connectivity index (χ0n) is 25.2.